The van der Waals surface area contributed by atoms with Gasteiger partial charge in [-0.05, 0) is 24.8 Å². The van der Waals surface area contributed by atoms with Crippen molar-refractivity contribution in [3.05, 3.63) is 35.5 Å². The Balaban J connectivity index is 0.000000511. The van der Waals surface area contributed by atoms with Crippen molar-refractivity contribution in [1.29, 1.82) is 10.5 Å². The van der Waals surface area contributed by atoms with E-state index in [1.807, 2.05) is 5.32 Å². The maximum absolute atomic E-state index is 11.1. The molecule has 0 bridgehead atoms. The number of ether oxygens (including phenoxy) is 1. The molecular weight excluding hydrogens is 346 g/mol. The number of rotatable bonds is 7. The van der Waals surface area contributed by atoms with Gasteiger partial charge in [0.2, 0.25) is 0 Å². The first-order valence-corrected chi connectivity index (χ1v) is 8.65. The van der Waals surface area contributed by atoms with Gasteiger partial charge in [0.1, 0.15) is 23.3 Å². The van der Waals surface area contributed by atoms with Crippen LogP contribution in [0, 0.1) is 28.6 Å². The van der Waals surface area contributed by atoms with Crippen LogP contribution in [0.4, 0.5) is 0 Å². The predicted molar refractivity (Wildman–Crippen MR) is 99.6 cm³/mol. The minimum Gasteiger partial charge on any atom is -0.461 e. The SMILES string of the molecule is C=C(C#N)C(=O)OCC(CC)CCCC.C=C1C(=O)NC(=O)C(C#N)=C1C. The molecule has 0 aromatic rings. The highest BCUT2D eigenvalue weighted by molar-refractivity contribution is 6.17. The molecule has 0 spiro atoms. The van der Waals surface area contributed by atoms with E-state index in [9.17, 15) is 14.4 Å². The van der Waals surface area contributed by atoms with E-state index in [0.29, 0.717) is 18.1 Å². The summed E-state index contributed by atoms with van der Waals surface area (Å²) in [5, 5.41) is 18.9. The Morgan fingerprint density at radius 3 is 2.37 bits per heavy atom. The Hall–Kier alpha value is -3.19. The highest BCUT2D eigenvalue weighted by atomic mass is 16.5. The molecular formula is C20H25N3O4. The molecule has 0 fully saturated rings. The minimum atomic E-state index is -0.646. The van der Waals surface area contributed by atoms with Gasteiger partial charge in [-0.2, -0.15) is 10.5 Å². The highest BCUT2D eigenvalue weighted by Crippen LogP contribution is 2.17. The van der Waals surface area contributed by atoms with Crippen LogP contribution in [0.5, 0.6) is 0 Å². The average Bonchev–Trinajstić information content (AvgIpc) is 2.66. The van der Waals surface area contributed by atoms with Crippen molar-refractivity contribution in [2.45, 2.75) is 46.5 Å². The number of carbonyl (C=O) groups excluding carboxylic acids is 3. The predicted octanol–water partition coefficient (Wildman–Crippen LogP) is 2.86. The topological polar surface area (TPSA) is 120 Å². The first-order valence-electron chi connectivity index (χ1n) is 8.65. The van der Waals surface area contributed by atoms with Gasteiger partial charge in [0.05, 0.1) is 6.61 Å². The van der Waals surface area contributed by atoms with Crippen LogP contribution in [0.3, 0.4) is 0 Å². The fourth-order valence-corrected chi connectivity index (χ4v) is 2.09. The smallest absolute Gasteiger partial charge is 0.348 e. The van der Waals surface area contributed by atoms with Crippen molar-refractivity contribution in [2.24, 2.45) is 5.92 Å². The molecule has 27 heavy (non-hydrogen) atoms. The summed E-state index contributed by atoms with van der Waals surface area (Å²) >= 11 is 0. The van der Waals surface area contributed by atoms with Gasteiger partial charge in [0.15, 0.2) is 0 Å². The first-order chi connectivity index (χ1) is 12.7. The lowest BCUT2D eigenvalue weighted by Gasteiger charge is -2.13. The van der Waals surface area contributed by atoms with Crippen LogP contribution in [0.15, 0.2) is 35.5 Å². The largest absolute Gasteiger partial charge is 0.461 e. The van der Waals surface area contributed by atoms with Crippen LogP contribution in [0.25, 0.3) is 0 Å². The molecule has 1 aliphatic rings. The lowest BCUT2D eigenvalue weighted by Crippen LogP contribution is -2.37. The summed E-state index contributed by atoms with van der Waals surface area (Å²) in [4.78, 5) is 33.0. The fraction of sp³-hybridized carbons (Fsp3) is 0.450. The Morgan fingerprint density at radius 2 is 1.89 bits per heavy atom. The van der Waals surface area contributed by atoms with Crippen molar-refractivity contribution in [1.82, 2.24) is 5.32 Å². The molecule has 1 N–H and O–H groups in total. The van der Waals surface area contributed by atoms with Gasteiger partial charge in [-0.15, -0.1) is 0 Å². The maximum atomic E-state index is 11.1. The molecule has 1 atom stereocenters. The summed E-state index contributed by atoms with van der Waals surface area (Å²) in [5.41, 5.74) is 0.359. The van der Waals surface area contributed by atoms with Gasteiger partial charge in [-0.25, -0.2) is 4.79 Å². The third-order valence-corrected chi connectivity index (χ3v) is 4.04. The second-order valence-electron chi connectivity index (χ2n) is 5.98. The molecule has 1 aliphatic heterocycles. The standard InChI is InChI=1S/C12H19NO2.C8H6N2O2/c1-4-6-7-11(5-2)9-15-12(14)10(3)8-13;1-4-5(2)7(11)10-8(12)6(4)3-9/h11H,3-7,9H2,1-2H3;2H2,1H3,(H,10,11,12). The molecule has 2 amide bonds. The number of imide groups is 1. The first kappa shape index (κ1) is 23.8. The van der Waals surface area contributed by atoms with E-state index in [-0.39, 0.29) is 16.7 Å². The van der Waals surface area contributed by atoms with E-state index in [2.05, 4.69) is 27.0 Å². The maximum Gasteiger partial charge on any atom is 0.348 e. The summed E-state index contributed by atoms with van der Waals surface area (Å²) in [6.45, 7) is 12.9. The summed E-state index contributed by atoms with van der Waals surface area (Å²) in [5.74, 6) is -1.36. The van der Waals surface area contributed by atoms with Gasteiger partial charge in [-0.1, -0.05) is 46.3 Å². The number of amides is 2. The second kappa shape index (κ2) is 12.2. The minimum absolute atomic E-state index is 0.0420. The van der Waals surface area contributed by atoms with Crippen LogP contribution in [-0.4, -0.2) is 24.4 Å². The molecule has 0 aromatic heterocycles. The zero-order valence-electron chi connectivity index (χ0n) is 16.1. The molecule has 0 saturated heterocycles. The van der Waals surface area contributed by atoms with E-state index < -0.39 is 17.8 Å². The third-order valence-electron chi connectivity index (χ3n) is 4.04. The van der Waals surface area contributed by atoms with Gasteiger partial charge in [0.25, 0.3) is 11.8 Å². The second-order valence-corrected chi connectivity index (χ2v) is 5.98. The summed E-state index contributed by atoms with van der Waals surface area (Å²) in [7, 11) is 0. The normalized spacial score (nSPS) is 14.2. The lowest BCUT2D eigenvalue weighted by molar-refractivity contribution is -0.140. The lowest BCUT2D eigenvalue weighted by atomic mass is 9.99. The highest BCUT2D eigenvalue weighted by Gasteiger charge is 2.25. The molecule has 1 rings (SSSR count). The molecule has 1 heterocycles. The third kappa shape index (κ3) is 7.70. The molecule has 0 saturated carbocycles. The quantitative estimate of drug-likeness (QED) is 0.318. The number of carbonyl (C=O) groups is 3. The van der Waals surface area contributed by atoms with Crippen molar-refractivity contribution in [3.63, 3.8) is 0 Å². The molecule has 7 heteroatoms. The average molecular weight is 371 g/mol. The molecule has 144 valence electrons. The summed E-state index contributed by atoms with van der Waals surface area (Å²) < 4.78 is 4.98. The number of unbranched alkanes of at least 4 members (excludes halogenated alkanes) is 1. The fourth-order valence-electron chi connectivity index (χ4n) is 2.09. The Labute approximate surface area is 160 Å². The molecule has 1 unspecified atom stereocenters. The van der Waals surface area contributed by atoms with Crippen molar-refractivity contribution >= 4 is 17.8 Å². The zero-order valence-corrected chi connectivity index (χ0v) is 16.1. The number of hydrogen-bond acceptors (Lipinski definition) is 6. The molecule has 7 nitrogen and oxygen atoms in total. The van der Waals surface area contributed by atoms with Crippen molar-refractivity contribution in [3.8, 4) is 12.1 Å². The number of nitrogens with one attached hydrogen (secondary N) is 1. The Kier molecular flexibility index (Phi) is 10.8. The van der Waals surface area contributed by atoms with Crippen LogP contribution in [0.2, 0.25) is 0 Å². The number of nitrogens with zero attached hydrogens (tertiary/aromatic N) is 2. The van der Waals surface area contributed by atoms with Crippen LogP contribution in [0.1, 0.15) is 46.5 Å². The van der Waals surface area contributed by atoms with Gasteiger partial charge in [-0.3, -0.25) is 14.9 Å². The van der Waals surface area contributed by atoms with E-state index >= 15 is 0 Å². The number of esters is 1. The number of nitriles is 2. The van der Waals surface area contributed by atoms with E-state index in [4.69, 9.17) is 15.3 Å². The van der Waals surface area contributed by atoms with Crippen molar-refractivity contribution < 1.29 is 19.1 Å². The van der Waals surface area contributed by atoms with Crippen LogP contribution >= 0.6 is 0 Å². The van der Waals surface area contributed by atoms with E-state index in [1.165, 1.54) is 6.92 Å². The molecule has 0 aliphatic carbocycles. The van der Waals surface area contributed by atoms with Gasteiger partial charge in [0, 0.05) is 5.57 Å². The Bertz CT molecular complexity index is 735. The monoisotopic (exact) mass is 371 g/mol. The Morgan fingerprint density at radius 1 is 1.26 bits per heavy atom. The molecule has 0 aromatic carbocycles. The zero-order chi connectivity index (χ0) is 21.0. The van der Waals surface area contributed by atoms with Crippen molar-refractivity contribution in [2.75, 3.05) is 6.61 Å². The summed E-state index contributed by atoms with van der Waals surface area (Å²) in [6, 6.07) is 3.39. The summed E-state index contributed by atoms with van der Waals surface area (Å²) in [6.07, 6.45) is 4.36. The van der Waals surface area contributed by atoms with E-state index in [1.54, 1.807) is 12.1 Å². The van der Waals surface area contributed by atoms with E-state index in [0.717, 1.165) is 25.7 Å². The number of hydrogen-bond donors (Lipinski definition) is 1. The van der Waals surface area contributed by atoms with Crippen LogP contribution in [-0.2, 0) is 19.1 Å². The van der Waals surface area contributed by atoms with Gasteiger partial charge < -0.3 is 4.74 Å². The van der Waals surface area contributed by atoms with Crippen LogP contribution < -0.4 is 5.32 Å². The molecule has 0 radical (unpaired) electrons. The van der Waals surface area contributed by atoms with Gasteiger partial charge >= 0.3 is 5.97 Å².